The van der Waals surface area contributed by atoms with E-state index >= 15 is 0 Å². The average molecular weight is 426 g/mol. The highest BCUT2D eigenvalue weighted by Gasteiger charge is 2.52. The van der Waals surface area contributed by atoms with E-state index in [4.69, 9.17) is 9.47 Å². The zero-order chi connectivity index (χ0) is 21.9. The van der Waals surface area contributed by atoms with Gasteiger partial charge in [0.25, 0.3) is 0 Å². The van der Waals surface area contributed by atoms with E-state index in [0.717, 1.165) is 24.0 Å². The molecule has 0 radical (unpaired) electrons. The first kappa shape index (κ1) is 22.2. The molecule has 0 saturated heterocycles. The number of Topliss-reactive ketones (excluding diaryl/α,β-unsaturated/α-hetero) is 2. The summed E-state index contributed by atoms with van der Waals surface area (Å²) < 4.78 is 23.2. The lowest BCUT2D eigenvalue weighted by Gasteiger charge is -2.37. The fraction of sp³-hybridized carbons (Fsp3) is 0.417. The first-order valence-corrected chi connectivity index (χ1v) is 10.9. The molecule has 0 aliphatic heterocycles. The number of carbonyl (C=O) groups is 2. The van der Waals surface area contributed by atoms with Crippen molar-refractivity contribution in [2.24, 2.45) is 5.92 Å². The van der Waals surface area contributed by atoms with Gasteiger partial charge in [-0.3, -0.25) is 14.2 Å². The predicted molar refractivity (Wildman–Crippen MR) is 116 cm³/mol. The molecule has 0 heterocycles. The monoisotopic (exact) mass is 426 g/mol. The first-order valence-electron chi connectivity index (χ1n) is 10.1. The maximum atomic E-state index is 13.8. The van der Waals surface area contributed by atoms with E-state index in [2.05, 4.69) is 0 Å². The maximum absolute atomic E-state index is 13.8. The van der Waals surface area contributed by atoms with Crippen molar-refractivity contribution >= 4 is 20.0 Å². The second-order valence-electron chi connectivity index (χ2n) is 7.84. The third-order valence-electron chi connectivity index (χ3n) is 6.13. The molecule has 2 aromatic carbocycles. The highest BCUT2D eigenvalue weighted by molar-refractivity contribution is 7.28. The second kappa shape index (κ2) is 9.09. The molecule has 0 aromatic heterocycles. The zero-order valence-electron chi connectivity index (χ0n) is 17.9. The van der Waals surface area contributed by atoms with Gasteiger partial charge < -0.3 is 9.47 Å². The topological polar surface area (TPSA) is 69.7 Å². The third-order valence-corrected chi connectivity index (χ3v) is 7.19. The van der Waals surface area contributed by atoms with Gasteiger partial charge in [-0.25, -0.2) is 0 Å². The van der Waals surface area contributed by atoms with Gasteiger partial charge in [0.1, 0.15) is 16.7 Å². The van der Waals surface area contributed by atoms with Gasteiger partial charge in [0, 0.05) is 17.5 Å². The van der Waals surface area contributed by atoms with E-state index in [1.807, 2.05) is 32.0 Å². The minimum Gasteiger partial charge on any atom is -0.497 e. The van der Waals surface area contributed by atoms with Crippen molar-refractivity contribution in [2.45, 2.75) is 44.7 Å². The van der Waals surface area contributed by atoms with Crippen molar-refractivity contribution in [1.82, 2.24) is 0 Å². The van der Waals surface area contributed by atoms with E-state index < -0.39 is 11.1 Å². The lowest BCUT2D eigenvalue weighted by Crippen LogP contribution is -2.47. The fourth-order valence-corrected chi connectivity index (χ4v) is 5.35. The first-order chi connectivity index (χ1) is 14.4. The molecule has 30 heavy (non-hydrogen) atoms. The Morgan fingerprint density at radius 1 is 1.03 bits per heavy atom. The van der Waals surface area contributed by atoms with E-state index in [1.165, 1.54) is 14.2 Å². The van der Waals surface area contributed by atoms with Gasteiger partial charge in [-0.2, -0.15) is 0 Å². The summed E-state index contributed by atoms with van der Waals surface area (Å²) in [4.78, 5) is 27.4. The van der Waals surface area contributed by atoms with Crippen LogP contribution in [0.4, 0.5) is 0 Å². The number of methoxy groups -OCH3 is 2. The Labute approximate surface area is 179 Å². The maximum Gasteiger partial charge on any atom is 0.184 e. The summed E-state index contributed by atoms with van der Waals surface area (Å²) in [5.74, 6) is -0.155. The van der Waals surface area contributed by atoms with Crippen LogP contribution in [0.1, 0.15) is 57.5 Å². The van der Waals surface area contributed by atoms with Gasteiger partial charge in [-0.15, -0.1) is 0 Å². The van der Waals surface area contributed by atoms with E-state index in [0.29, 0.717) is 35.5 Å². The summed E-state index contributed by atoms with van der Waals surface area (Å²) in [6.45, 7) is 3.79. The van der Waals surface area contributed by atoms with Crippen LogP contribution < -0.4 is 9.47 Å². The van der Waals surface area contributed by atoms with Crippen molar-refractivity contribution in [3.63, 3.8) is 0 Å². The summed E-state index contributed by atoms with van der Waals surface area (Å²) in [7, 11) is 2.69. The largest absolute Gasteiger partial charge is 0.497 e. The Morgan fingerprint density at radius 3 is 2.33 bits per heavy atom. The summed E-state index contributed by atoms with van der Waals surface area (Å²) in [6.07, 6.45) is 2.50. The summed E-state index contributed by atoms with van der Waals surface area (Å²) >= 11 is 0. The molecule has 2 aromatic rings. The molecule has 2 unspecified atom stereocenters. The number of hydrogen-bond donors (Lipinski definition) is 0. The van der Waals surface area contributed by atoms with Gasteiger partial charge >= 0.3 is 0 Å². The molecule has 0 amide bonds. The normalized spacial score (nSPS) is 21.3. The van der Waals surface area contributed by atoms with Crippen LogP contribution in [0.5, 0.6) is 11.5 Å². The van der Waals surface area contributed by atoms with Crippen LogP contribution >= 0.6 is 8.46 Å². The summed E-state index contributed by atoms with van der Waals surface area (Å²) in [5, 5.41) is -1.30. The lowest BCUT2D eigenvalue weighted by atomic mass is 9.70. The van der Waals surface area contributed by atoms with Gasteiger partial charge in [0.15, 0.2) is 20.0 Å². The van der Waals surface area contributed by atoms with Crippen LogP contribution in [-0.2, 0) is 4.57 Å². The minimum absolute atomic E-state index is 0.102. The highest BCUT2D eigenvalue weighted by Crippen LogP contribution is 2.48. The van der Waals surface area contributed by atoms with Crippen molar-refractivity contribution in [3.8, 4) is 11.5 Å². The molecule has 3 rings (SSSR count). The van der Waals surface area contributed by atoms with E-state index in [-0.39, 0.29) is 20.0 Å². The van der Waals surface area contributed by atoms with Crippen LogP contribution in [0, 0.1) is 19.8 Å². The minimum atomic E-state index is -1.30. The Kier molecular flexibility index (Phi) is 6.72. The van der Waals surface area contributed by atoms with Gasteiger partial charge in [0.2, 0.25) is 0 Å². The number of carbonyl (C=O) groups excluding carboxylic acids is 2. The molecule has 158 valence electrons. The molecule has 1 aliphatic rings. The molecule has 0 spiro atoms. The molecule has 5 nitrogen and oxygen atoms in total. The predicted octanol–water partition coefficient (Wildman–Crippen LogP) is 5.61. The molecule has 0 N–H and O–H groups in total. The lowest BCUT2D eigenvalue weighted by molar-refractivity contribution is 0.0743. The van der Waals surface area contributed by atoms with E-state index in [9.17, 15) is 14.2 Å². The number of aryl methyl sites for hydroxylation is 2. The molecular formula is C24H27O5P. The fourth-order valence-electron chi connectivity index (χ4n) is 4.52. The SMILES string of the molecule is COc1ccc(C(=O)C2(P=O)CCCCC2C(=O)c2c(C)cccc2C)c(OC)c1. The zero-order valence-corrected chi connectivity index (χ0v) is 18.8. The van der Waals surface area contributed by atoms with Crippen LogP contribution in [-0.4, -0.2) is 30.9 Å². The quantitative estimate of drug-likeness (QED) is 0.425. The van der Waals surface area contributed by atoms with Gasteiger partial charge in [-0.1, -0.05) is 31.0 Å². The number of hydrogen-bond acceptors (Lipinski definition) is 5. The molecule has 6 heteroatoms. The number of ether oxygens (including phenoxy) is 2. The Balaban J connectivity index is 2.10. The Bertz CT molecular complexity index is 963. The van der Waals surface area contributed by atoms with Crippen molar-refractivity contribution < 1.29 is 23.6 Å². The van der Waals surface area contributed by atoms with E-state index in [1.54, 1.807) is 18.2 Å². The highest BCUT2D eigenvalue weighted by atomic mass is 31.1. The number of rotatable bonds is 7. The van der Waals surface area contributed by atoms with Crippen LogP contribution in [0.15, 0.2) is 36.4 Å². The second-order valence-corrected chi connectivity index (χ2v) is 8.82. The van der Waals surface area contributed by atoms with Gasteiger partial charge in [-0.05, 0) is 49.9 Å². The van der Waals surface area contributed by atoms with Crippen molar-refractivity contribution in [2.75, 3.05) is 14.2 Å². The Morgan fingerprint density at radius 2 is 1.73 bits per heavy atom. The van der Waals surface area contributed by atoms with Crippen molar-refractivity contribution in [3.05, 3.63) is 58.7 Å². The van der Waals surface area contributed by atoms with Crippen LogP contribution in [0.25, 0.3) is 0 Å². The summed E-state index contributed by atoms with van der Waals surface area (Å²) in [6, 6.07) is 10.6. The standard InChI is InChI=1S/C24H27O5P/c1-15-8-7-9-16(2)21(15)22(25)19-10-5-6-13-24(19,30-27)23(26)18-12-11-17(28-3)14-20(18)29-4/h7-9,11-12,14,19H,5-6,10,13H2,1-4H3. The Hall–Kier alpha value is -2.52. The van der Waals surface area contributed by atoms with Gasteiger partial charge in [0.05, 0.1) is 19.8 Å². The average Bonchev–Trinajstić information content (AvgIpc) is 2.77. The third kappa shape index (κ3) is 3.79. The molecule has 0 bridgehead atoms. The number of ketones is 2. The smallest absolute Gasteiger partial charge is 0.184 e. The molecule has 2 atom stereocenters. The molecule has 1 aliphatic carbocycles. The summed E-state index contributed by atoms with van der Waals surface area (Å²) in [5.41, 5.74) is 2.70. The number of benzene rings is 2. The molecule has 1 fully saturated rings. The van der Waals surface area contributed by atoms with Crippen molar-refractivity contribution in [1.29, 1.82) is 0 Å². The van der Waals surface area contributed by atoms with Crippen LogP contribution in [0.3, 0.4) is 0 Å². The van der Waals surface area contributed by atoms with Crippen LogP contribution in [0.2, 0.25) is 0 Å². The molecular weight excluding hydrogens is 399 g/mol. The molecule has 1 saturated carbocycles.